The second-order valence-electron chi connectivity index (χ2n) is 4.26. The van der Waals surface area contributed by atoms with Crippen molar-refractivity contribution in [1.82, 2.24) is 0 Å². The topological polar surface area (TPSA) is 25.2 Å². The van der Waals surface area contributed by atoms with Crippen LogP contribution in [-0.4, -0.2) is 0 Å². The summed E-state index contributed by atoms with van der Waals surface area (Å²) in [4.78, 5) is 0. The molecule has 2 nitrogen and oxygen atoms in total. The van der Waals surface area contributed by atoms with E-state index in [-0.39, 0.29) is 17.3 Å². The smallest absolute Gasteiger partial charge is 0.418 e. The highest BCUT2D eigenvalue weighted by Crippen LogP contribution is 2.36. The number of alkyl halides is 3. The number of furan rings is 1. The van der Waals surface area contributed by atoms with Crippen LogP contribution in [-0.2, 0) is 19.1 Å². The number of halogens is 4. The number of hydrogen-bond acceptors (Lipinski definition) is 2. The Hall–Kier alpha value is -1.62. The van der Waals surface area contributed by atoms with Crippen molar-refractivity contribution in [2.45, 2.75) is 26.1 Å². The van der Waals surface area contributed by atoms with E-state index in [2.05, 4.69) is 5.32 Å². The van der Waals surface area contributed by atoms with E-state index in [4.69, 9.17) is 16.0 Å². The minimum Gasteiger partial charge on any atom is -0.464 e. The van der Waals surface area contributed by atoms with Crippen LogP contribution in [0.5, 0.6) is 0 Å². The summed E-state index contributed by atoms with van der Waals surface area (Å²) in [6, 6.07) is 7.19. The molecule has 108 valence electrons. The average Bonchev–Trinajstić information content (AvgIpc) is 2.84. The third-order valence-electron chi connectivity index (χ3n) is 2.81. The molecule has 0 saturated carbocycles. The Morgan fingerprint density at radius 2 is 1.85 bits per heavy atom. The first-order valence-electron chi connectivity index (χ1n) is 6.08. The van der Waals surface area contributed by atoms with Crippen molar-refractivity contribution >= 4 is 17.3 Å². The lowest BCUT2D eigenvalue weighted by Gasteiger charge is -2.14. The van der Waals surface area contributed by atoms with Gasteiger partial charge in [0.1, 0.15) is 11.5 Å². The van der Waals surface area contributed by atoms with Gasteiger partial charge >= 0.3 is 6.18 Å². The highest BCUT2D eigenvalue weighted by molar-refractivity contribution is 6.30. The van der Waals surface area contributed by atoms with Gasteiger partial charge in [-0.25, -0.2) is 0 Å². The third kappa shape index (κ3) is 3.48. The van der Waals surface area contributed by atoms with Gasteiger partial charge in [0.15, 0.2) is 0 Å². The molecule has 0 saturated heterocycles. The van der Waals surface area contributed by atoms with Gasteiger partial charge in [0.2, 0.25) is 0 Å². The van der Waals surface area contributed by atoms with Crippen LogP contribution in [0.25, 0.3) is 0 Å². The van der Waals surface area contributed by atoms with Crippen molar-refractivity contribution in [3.8, 4) is 0 Å². The van der Waals surface area contributed by atoms with Gasteiger partial charge in [0.05, 0.1) is 12.1 Å². The molecular formula is C14H13ClF3NO. The van der Waals surface area contributed by atoms with Gasteiger partial charge < -0.3 is 9.73 Å². The van der Waals surface area contributed by atoms with E-state index >= 15 is 0 Å². The van der Waals surface area contributed by atoms with E-state index in [1.807, 2.05) is 13.0 Å². The molecule has 2 rings (SSSR count). The summed E-state index contributed by atoms with van der Waals surface area (Å²) < 4.78 is 44.1. The molecule has 1 N–H and O–H groups in total. The molecule has 0 spiro atoms. The highest BCUT2D eigenvalue weighted by Gasteiger charge is 2.33. The molecule has 0 bridgehead atoms. The lowest BCUT2D eigenvalue weighted by Crippen LogP contribution is -2.10. The summed E-state index contributed by atoms with van der Waals surface area (Å²) >= 11 is 5.62. The van der Waals surface area contributed by atoms with Crippen LogP contribution in [0.3, 0.4) is 0 Å². The molecule has 0 aliphatic rings. The molecule has 1 aromatic heterocycles. The van der Waals surface area contributed by atoms with Crippen molar-refractivity contribution in [1.29, 1.82) is 0 Å². The molecule has 1 heterocycles. The van der Waals surface area contributed by atoms with E-state index in [0.29, 0.717) is 5.76 Å². The summed E-state index contributed by atoms with van der Waals surface area (Å²) in [6.45, 7) is 2.13. The van der Waals surface area contributed by atoms with Crippen LogP contribution >= 0.6 is 11.6 Å². The zero-order chi connectivity index (χ0) is 14.8. The molecule has 1 aromatic carbocycles. The molecule has 0 fully saturated rings. The van der Waals surface area contributed by atoms with Crippen molar-refractivity contribution in [2.75, 3.05) is 5.32 Å². The Bertz CT molecular complexity index is 592. The van der Waals surface area contributed by atoms with Crippen molar-refractivity contribution < 1.29 is 17.6 Å². The SMILES string of the molecule is CCc1ccc(CNc2ccc(Cl)cc2C(F)(F)F)o1. The van der Waals surface area contributed by atoms with E-state index in [1.54, 1.807) is 6.07 Å². The number of nitrogens with one attached hydrogen (secondary N) is 1. The van der Waals surface area contributed by atoms with Gasteiger partial charge in [-0.1, -0.05) is 18.5 Å². The number of aryl methyl sites for hydroxylation is 1. The van der Waals surface area contributed by atoms with Crippen LogP contribution in [0.4, 0.5) is 18.9 Å². The minimum atomic E-state index is -4.45. The van der Waals surface area contributed by atoms with Crippen LogP contribution < -0.4 is 5.32 Å². The number of benzene rings is 1. The van der Waals surface area contributed by atoms with E-state index in [0.717, 1.165) is 18.2 Å². The molecule has 0 amide bonds. The van der Waals surface area contributed by atoms with Crippen LogP contribution in [0.2, 0.25) is 5.02 Å². The molecule has 2 aromatic rings. The van der Waals surface area contributed by atoms with Crippen molar-refractivity contribution in [3.05, 3.63) is 52.4 Å². The molecule has 6 heteroatoms. The standard InChI is InChI=1S/C14H13ClF3NO/c1-2-10-4-5-11(20-10)8-19-13-6-3-9(15)7-12(13)14(16,17)18/h3-7,19H,2,8H2,1H3. The van der Waals surface area contributed by atoms with Crippen molar-refractivity contribution in [3.63, 3.8) is 0 Å². The molecule has 0 radical (unpaired) electrons. The summed E-state index contributed by atoms with van der Waals surface area (Å²) in [6.07, 6.45) is -3.71. The first-order valence-corrected chi connectivity index (χ1v) is 6.46. The predicted octanol–water partition coefficient (Wildman–Crippen LogP) is 5.13. The second kappa shape index (κ2) is 5.79. The fraction of sp³-hybridized carbons (Fsp3) is 0.286. The van der Waals surface area contributed by atoms with Gasteiger partial charge in [-0.15, -0.1) is 0 Å². The molecule has 0 aliphatic carbocycles. The molecule has 20 heavy (non-hydrogen) atoms. The third-order valence-corrected chi connectivity index (χ3v) is 3.04. The zero-order valence-corrected chi connectivity index (χ0v) is 11.5. The summed E-state index contributed by atoms with van der Waals surface area (Å²) in [5.74, 6) is 1.39. The molecule has 0 unspecified atom stereocenters. The second-order valence-corrected chi connectivity index (χ2v) is 4.70. The zero-order valence-electron chi connectivity index (χ0n) is 10.7. The number of anilines is 1. The number of hydrogen-bond donors (Lipinski definition) is 1. The van der Waals surface area contributed by atoms with Gasteiger partial charge in [-0.3, -0.25) is 0 Å². The fourth-order valence-corrected chi connectivity index (χ4v) is 1.97. The molecular weight excluding hydrogens is 291 g/mol. The lowest BCUT2D eigenvalue weighted by atomic mass is 10.1. The highest BCUT2D eigenvalue weighted by atomic mass is 35.5. The van der Waals surface area contributed by atoms with Crippen LogP contribution in [0.15, 0.2) is 34.7 Å². The minimum absolute atomic E-state index is 0.0173. The van der Waals surface area contributed by atoms with Crippen LogP contribution in [0, 0.1) is 0 Å². The van der Waals surface area contributed by atoms with Crippen LogP contribution in [0.1, 0.15) is 24.0 Å². The Morgan fingerprint density at radius 3 is 2.45 bits per heavy atom. The lowest BCUT2D eigenvalue weighted by molar-refractivity contribution is -0.137. The first-order chi connectivity index (χ1) is 9.40. The monoisotopic (exact) mass is 303 g/mol. The summed E-state index contributed by atoms with van der Waals surface area (Å²) in [5.41, 5.74) is -0.802. The Kier molecular flexibility index (Phi) is 4.28. The molecule has 0 atom stereocenters. The predicted molar refractivity (Wildman–Crippen MR) is 71.9 cm³/mol. The van der Waals surface area contributed by atoms with Gasteiger partial charge in [-0.2, -0.15) is 13.2 Å². The largest absolute Gasteiger partial charge is 0.464 e. The van der Waals surface area contributed by atoms with Gasteiger partial charge in [-0.05, 0) is 30.3 Å². The van der Waals surface area contributed by atoms with E-state index in [1.165, 1.54) is 12.1 Å². The quantitative estimate of drug-likeness (QED) is 0.847. The Morgan fingerprint density at radius 1 is 1.15 bits per heavy atom. The molecule has 0 aliphatic heterocycles. The Balaban J connectivity index is 2.17. The summed E-state index contributed by atoms with van der Waals surface area (Å²) in [7, 11) is 0. The average molecular weight is 304 g/mol. The van der Waals surface area contributed by atoms with E-state index < -0.39 is 11.7 Å². The maximum absolute atomic E-state index is 12.9. The maximum atomic E-state index is 12.9. The Labute approximate surface area is 119 Å². The van der Waals surface area contributed by atoms with Crippen molar-refractivity contribution in [2.24, 2.45) is 0 Å². The normalized spacial score (nSPS) is 11.7. The fourth-order valence-electron chi connectivity index (χ4n) is 1.79. The first kappa shape index (κ1) is 14.8. The van der Waals surface area contributed by atoms with Gasteiger partial charge in [0.25, 0.3) is 0 Å². The maximum Gasteiger partial charge on any atom is 0.418 e. The van der Waals surface area contributed by atoms with Gasteiger partial charge in [0, 0.05) is 17.1 Å². The van der Waals surface area contributed by atoms with E-state index in [9.17, 15) is 13.2 Å². The summed E-state index contributed by atoms with van der Waals surface area (Å²) in [5, 5.41) is 2.78. The number of rotatable bonds is 4.